The summed E-state index contributed by atoms with van der Waals surface area (Å²) in [7, 11) is -0.489. The van der Waals surface area contributed by atoms with Gasteiger partial charge in [-0.05, 0) is 43.9 Å². The molecule has 1 aliphatic heterocycles. The van der Waals surface area contributed by atoms with Gasteiger partial charge in [-0.1, -0.05) is 12.8 Å². The van der Waals surface area contributed by atoms with Gasteiger partial charge in [0.15, 0.2) is 0 Å². The summed E-state index contributed by atoms with van der Waals surface area (Å²) in [4.78, 5) is 14.7. The summed E-state index contributed by atoms with van der Waals surface area (Å²) in [5, 5.41) is 0. The summed E-state index contributed by atoms with van der Waals surface area (Å²) in [5.41, 5.74) is 0.324. The van der Waals surface area contributed by atoms with E-state index in [1.165, 1.54) is 23.5 Å². The fourth-order valence-electron chi connectivity index (χ4n) is 3.74. The predicted octanol–water partition coefficient (Wildman–Crippen LogP) is 2.49. The van der Waals surface area contributed by atoms with Crippen LogP contribution in [0.3, 0.4) is 0 Å². The molecule has 1 aliphatic carbocycles. The minimum atomic E-state index is -3.62. The number of likely N-dealkylation sites (tertiary alicyclic amines) is 1. The van der Waals surface area contributed by atoms with Crippen LogP contribution in [0.25, 0.3) is 0 Å². The fourth-order valence-corrected chi connectivity index (χ4v) is 5.18. The van der Waals surface area contributed by atoms with Crippen molar-refractivity contribution in [2.45, 2.75) is 49.5 Å². The van der Waals surface area contributed by atoms with E-state index in [0.29, 0.717) is 24.4 Å². The molecule has 1 aromatic carbocycles. The highest BCUT2D eigenvalue weighted by Gasteiger charge is 2.31. The zero-order valence-corrected chi connectivity index (χ0v) is 15.7. The Balaban J connectivity index is 1.94. The first kappa shape index (κ1) is 18.2. The summed E-state index contributed by atoms with van der Waals surface area (Å²) in [6.45, 7) is 1.42. The van der Waals surface area contributed by atoms with Crippen molar-refractivity contribution in [1.82, 2.24) is 9.21 Å². The van der Waals surface area contributed by atoms with Crippen molar-refractivity contribution in [1.29, 1.82) is 0 Å². The van der Waals surface area contributed by atoms with Gasteiger partial charge >= 0.3 is 0 Å². The van der Waals surface area contributed by atoms with E-state index in [1.807, 2.05) is 0 Å². The lowest BCUT2D eigenvalue weighted by Gasteiger charge is -2.24. The Hall–Kier alpha value is -1.60. The van der Waals surface area contributed by atoms with Gasteiger partial charge in [0.25, 0.3) is 5.91 Å². The molecule has 0 bridgehead atoms. The van der Waals surface area contributed by atoms with Gasteiger partial charge in [-0.15, -0.1) is 0 Å². The van der Waals surface area contributed by atoms with E-state index in [2.05, 4.69) is 0 Å². The maximum atomic E-state index is 13.0. The minimum Gasteiger partial charge on any atom is -0.496 e. The third-order valence-electron chi connectivity index (χ3n) is 5.31. The number of hydrogen-bond acceptors (Lipinski definition) is 4. The Bertz CT molecular complexity index is 735. The molecule has 2 aliphatic rings. The van der Waals surface area contributed by atoms with Gasteiger partial charge in [-0.25, -0.2) is 8.42 Å². The number of rotatable bonds is 5. The number of hydrogen-bond donors (Lipinski definition) is 0. The molecule has 1 saturated carbocycles. The number of ether oxygens (including phenoxy) is 1. The third kappa shape index (κ3) is 3.53. The van der Waals surface area contributed by atoms with Crippen LogP contribution in [0.4, 0.5) is 0 Å². The highest BCUT2D eigenvalue weighted by molar-refractivity contribution is 7.89. The Morgan fingerprint density at radius 3 is 2.40 bits per heavy atom. The van der Waals surface area contributed by atoms with Crippen molar-refractivity contribution in [3.05, 3.63) is 23.8 Å². The largest absolute Gasteiger partial charge is 0.496 e. The number of carbonyl (C=O) groups excluding carboxylic acids is 1. The molecule has 0 atom stereocenters. The molecule has 3 rings (SSSR count). The number of nitrogens with zero attached hydrogens (tertiary/aromatic N) is 2. The van der Waals surface area contributed by atoms with Crippen LogP contribution in [0, 0.1) is 0 Å². The van der Waals surface area contributed by atoms with Crippen LogP contribution < -0.4 is 4.74 Å². The van der Waals surface area contributed by atoms with Crippen molar-refractivity contribution in [3.63, 3.8) is 0 Å². The quantitative estimate of drug-likeness (QED) is 0.803. The van der Waals surface area contributed by atoms with E-state index in [1.54, 1.807) is 18.0 Å². The molecule has 2 fully saturated rings. The second kappa shape index (κ2) is 7.33. The van der Waals surface area contributed by atoms with Gasteiger partial charge in [-0.3, -0.25) is 4.79 Å². The van der Waals surface area contributed by atoms with Gasteiger partial charge in [0.1, 0.15) is 5.75 Å². The van der Waals surface area contributed by atoms with Crippen molar-refractivity contribution in [2.24, 2.45) is 0 Å². The second-order valence-electron chi connectivity index (χ2n) is 6.82. The molecule has 0 spiro atoms. The van der Waals surface area contributed by atoms with E-state index in [9.17, 15) is 13.2 Å². The van der Waals surface area contributed by atoms with Gasteiger partial charge in [0.2, 0.25) is 10.0 Å². The van der Waals surface area contributed by atoms with Crippen molar-refractivity contribution in [3.8, 4) is 5.75 Å². The normalized spacial score (nSPS) is 18.9. The average Bonchev–Trinajstić information content (AvgIpc) is 3.33. The molecule has 0 N–H and O–H groups in total. The fraction of sp³-hybridized carbons (Fsp3) is 0.611. The molecule has 1 amide bonds. The number of carbonyl (C=O) groups is 1. The van der Waals surface area contributed by atoms with Crippen LogP contribution in [0.5, 0.6) is 5.75 Å². The van der Waals surface area contributed by atoms with E-state index in [4.69, 9.17) is 4.74 Å². The molecule has 0 unspecified atom stereocenters. The third-order valence-corrected chi connectivity index (χ3v) is 7.22. The first-order valence-electron chi connectivity index (χ1n) is 8.90. The van der Waals surface area contributed by atoms with Crippen LogP contribution in [0.2, 0.25) is 0 Å². The maximum Gasteiger partial charge on any atom is 0.257 e. The van der Waals surface area contributed by atoms with Crippen molar-refractivity contribution >= 4 is 15.9 Å². The zero-order chi connectivity index (χ0) is 18.0. The van der Waals surface area contributed by atoms with Crippen LogP contribution in [0.1, 0.15) is 48.9 Å². The second-order valence-corrected chi connectivity index (χ2v) is 8.82. The highest BCUT2D eigenvalue weighted by atomic mass is 32.2. The lowest BCUT2D eigenvalue weighted by Crippen LogP contribution is -2.35. The first-order valence-corrected chi connectivity index (χ1v) is 10.3. The molecular formula is C18H26N2O4S. The molecule has 0 radical (unpaired) electrons. The van der Waals surface area contributed by atoms with E-state index < -0.39 is 10.0 Å². The molecule has 7 heteroatoms. The molecule has 1 heterocycles. The van der Waals surface area contributed by atoms with Crippen LogP contribution in [-0.4, -0.2) is 56.8 Å². The standard InChI is InChI=1S/C18H26N2O4S/c1-19(14-7-3-4-8-14)25(22,23)15-9-10-17(24-2)16(13-15)18(21)20-11-5-6-12-20/h9-10,13-14H,3-8,11-12H2,1-2H3. The average molecular weight is 366 g/mol. The van der Waals surface area contributed by atoms with Gasteiger partial charge < -0.3 is 9.64 Å². The summed E-state index contributed by atoms with van der Waals surface area (Å²) in [5.74, 6) is 0.259. The van der Waals surface area contributed by atoms with Gasteiger partial charge in [-0.2, -0.15) is 4.31 Å². The Morgan fingerprint density at radius 2 is 1.80 bits per heavy atom. The number of benzene rings is 1. The van der Waals surface area contributed by atoms with Crippen LogP contribution in [0.15, 0.2) is 23.1 Å². The Morgan fingerprint density at radius 1 is 1.16 bits per heavy atom. The minimum absolute atomic E-state index is 0.0461. The summed E-state index contributed by atoms with van der Waals surface area (Å²) in [6.07, 6.45) is 5.88. The van der Waals surface area contributed by atoms with Crippen molar-refractivity contribution < 1.29 is 17.9 Å². The molecule has 138 valence electrons. The Labute approximate surface area is 149 Å². The lowest BCUT2D eigenvalue weighted by molar-refractivity contribution is 0.0789. The molecular weight excluding hydrogens is 340 g/mol. The van der Waals surface area contributed by atoms with E-state index in [-0.39, 0.29) is 16.8 Å². The van der Waals surface area contributed by atoms with Gasteiger partial charge in [0, 0.05) is 26.2 Å². The molecule has 1 aromatic rings. The van der Waals surface area contributed by atoms with Crippen LogP contribution >= 0.6 is 0 Å². The maximum absolute atomic E-state index is 13.0. The first-order chi connectivity index (χ1) is 11.9. The van der Waals surface area contributed by atoms with Crippen LogP contribution in [-0.2, 0) is 10.0 Å². The SMILES string of the molecule is COc1ccc(S(=O)(=O)N(C)C2CCCC2)cc1C(=O)N1CCCC1. The topological polar surface area (TPSA) is 66.9 Å². The number of sulfonamides is 1. The molecule has 1 saturated heterocycles. The lowest BCUT2D eigenvalue weighted by atomic mass is 10.1. The number of methoxy groups -OCH3 is 1. The molecule has 6 nitrogen and oxygen atoms in total. The number of amides is 1. The summed E-state index contributed by atoms with van der Waals surface area (Å²) >= 11 is 0. The predicted molar refractivity (Wildman–Crippen MR) is 95.3 cm³/mol. The van der Waals surface area contributed by atoms with Gasteiger partial charge in [0.05, 0.1) is 17.6 Å². The highest BCUT2D eigenvalue weighted by Crippen LogP contribution is 2.30. The van der Waals surface area contributed by atoms with E-state index >= 15 is 0 Å². The monoisotopic (exact) mass is 366 g/mol. The summed E-state index contributed by atoms with van der Waals surface area (Å²) in [6, 6.07) is 4.63. The van der Waals surface area contributed by atoms with Crippen molar-refractivity contribution in [2.75, 3.05) is 27.2 Å². The van der Waals surface area contributed by atoms with E-state index in [0.717, 1.165) is 38.5 Å². The smallest absolute Gasteiger partial charge is 0.257 e. The Kier molecular flexibility index (Phi) is 5.34. The molecule has 25 heavy (non-hydrogen) atoms. The zero-order valence-electron chi connectivity index (χ0n) is 14.9. The molecule has 0 aromatic heterocycles. The summed E-state index contributed by atoms with van der Waals surface area (Å²) < 4.78 is 32.7.